The molecule has 3 amide bonds. The van der Waals surface area contributed by atoms with Crippen LogP contribution >= 0.6 is 0 Å². The number of likely N-dealkylation sites (tertiary alicyclic amines) is 1. The van der Waals surface area contributed by atoms with Crippen LogP contribution in [0.1, 0.15) is 50.5 Å². The van der Waals surface area contributed by atoms with Crippen LogP contribution in [-0.4, -0.2) is 94.2 Å². The summed E-state index contributed by atoms with van der Waals surface area (Å²) in [4.78, 5) is 32.2. The van der Waals surface area contributed by atoms with Crippen molar-refractivity contribution in [1.29, 1.82) is 0 Å². The molecule has 0 spiro atoms. The van der Waals surface area contributed by atoms with Crippen LogP contribution in [0.5, 0.6) is 0 Å². The van der Waals surface area contributed by atoms with Crippen LogP contribution in [0.25, 0.3) is 10.9 Å². The second-order valence-electron chi connectivity index (χ2n) is 12.3. The van der Waals surface area contributed by atoms with Gasteiger partial charge in [-0.15, -0.1) is 0 Å². The Kier molecular flexibility index (Phi) is 8.28. The molecule has 0 radical (unpaired) electrons. The van der Waals surface area contributed by atoms with Crippen molar-refractivity contribution < 1.29 is 18.0 Å². The summed E-state index contributed by atoms with van der Waals surface area (Å²) in [6, 6.07) is 6.02. The Morgan fingerprint density at radius 2 is 1.79 bits per heavy atom. The molecule has 5 heterocycles. The monoisotopic (exact) mass is 611 g/mol. The van der Waals surface area contributed by atoms with Gasteiger partial charge in [-0.2, -0.15) is 9.40 Å². The summed E-state index contributed by atoms with van der Waals surface area (Å²) in [5.41, 5.74) is 8.18. The number of hydrogen-bond donors (Lipinski definition) is 2. The highest BCUT2D eigenvalue weighted by Crippen LogP contribution is 2.34. The van der Waals surface area contributed by atoms with Crippen molar-refractivity contribution in [1.82, 2.24) is 33.9 Å². The molecule has 13 nitrogen and oxygen atoms in total. The SMILES string of the molecule is CC(CN1CCC(c2ccc3c(N4CCC(=O)NC4=O)nn(C)c3c2)CC1)Cn1cnc(S(=O)(=O)N2CCC(N)CC2)c1. The number of carbonyl (C=O) groups excluding carboxylic acids is 2. The van der Waals surface area contributed by atoms with Crippen molar-refractivity contribution in [2.75, 3.05) is 44.2 Å². The maximum Gasteiger partial charge on any atom is 0.329 e. The van der Waals surface area contributed by atoms with Gasteiger partial charge >= 0.3 is 6.03 Å². The first kappa shape index (κ1) is 29.7. The Morgan fingerprint density at radius 1 is 1.05 bits per heavy atom. The number of nitrogens with two attached hydrogens (primary N) is 1. The zero-order valence-corrected chi connectivity index (χ0v) is 25.7. The molecule has 232 valence electrons. The summed E-state index contributed by atoms with van der Waals surface area (Å²) in [5.74, 6) is 1.10. The lowest BCUT2D eigenvalue weighted by atomic mass is 9.88. The van der Waals surface area contributed by atoms with Gasteiger partial charge in [0.1, 0.15) is 0 Å². The fourth-order valence-electron chi connectivity index (χ4n) is 6.60. The van der Waals surface area contributed by atoms with Crippen LogP contribution < -0.4 is 16.0 Å². The molecule has 3 aliphatic rings. The van der Waals surface area contributed by atoms with E-state index in [1.165, 1.54) is 14.8 Å². The van der Waals surface area contributed by atoms with E-state index in [0.717, 1.165) is 43.4 Å². The molecule has 3 N–H and O–H groups in total. The Bertz CT molecular complexity index is 1600. The molecule has 1 unspecified atom stereocenters. The number of imide groups is 1. The average Bonchev–Trinajstić information content (AvgIpc) is 3.58. The molecule has 3 saturated heterocycles. The predicted octanol–water partition coefficient (Wildman–Crippen LogP) is 1.84. The van der Waals surface area contributed by atoms with E-state index in [0.29, 0.717) is 56.7 Å². The fraction of sp³-hybridized carbons (Fsp3) is 0.586. The first-order valence-corrected chi connectivity index (χ1v) is 16.6. The maximum atomic E-state index is 13.0. The molecule has 6 rings (SSSR count). The number of aryl methyl sites for hydroxylation is 1. The molecule has 3 fully saturated rings. The van der Waals surface area contributed by atoms with Gasteiger partial charge in [-0.25, -0.2) is 18.2 Å². The van der Waals surface area contributed by atoms with E-state index in [4.69, 9.17) is 5.73 Å². The third-order valence-corrected chi connectivity index (χ3v) is 10.8. The van der Waals surface area contributed by atoms with Gasteiger partial charge in [0.2, 0.25) is 5.91 Å². The fourth-order valence-corrected chi connectivity index (χ4v) is 8.01. The van der Waals surface area contributed by atoms with Gasteiger partial charge in [0.25, 0.3) is 10.0 Å². The zero-order valence-electron chi connectivity index (χ0n) is 24.9. The van der Waals surface area contributed by atoms with Crippen molar-refractivity contribution in [2.24, 2.45) is 18.7 Å². The van der Waals surface area contributed by atoms with Gasteiger partial charge in [0.05, 0.1) is 11.8 Å². The van der Waals surface area contributed by atoms with Gasteiger partial charge in [0, 0.05) is 63.8 Å². The highest BCUT2D eigenvalue weighted by molar-refractivity contribution is 7.89. The zero-order chi connectivity index (χ0) is 30.3. The van der Waals surface area contributed by atoms with Crippen molar-refractivity contribution >= 4 is 38.7 Å². The predicted molar refractivity (Wildman–Crippen MR) is 162 cm³/mol. The smallest absolute Gasteiger partial charge is 0.329 e. The minimum atomic E-state index is -3.59. The Hall–Kier alpha value is -3.33. The number of imidazole rings is 1. The third kappa shape index (κ3) is 6.19. The lowest BCUT2D eigenvalue weighted by Crippen LogP contribution is -2.49. The number of nitrogens with one attached hydrogen (secondary N) is 1. The maximum absolute atomic E-state index is 13.0. The van der Waals surface area contributed by atoms with Crippen molar-refractivity contribution in [3.63, 3.8) is 0 Å². The van der Waals surface area contributed by atoms with E-state index in [2.05, 4.69) is 39.4 Å². The molecular weight excluding hydrogens is 570 g/mol. The van der Waals surface area contributed by atoms with Crippen molar-refractivity contribution in [2.45, 2.75) is 62.6 Å². The molecule has 2 aromatic heterocycles. The van der Waals surface area contributed by atoms with E-state index in [9.17, 15) is 18.0 Å². The van der Waals surface area contributed by atoms with E-state index < -0.39 is 16.1 Å². The number of aromatic nitrogens is 4. The molecule has 0 saturated carbocycles. The van der Waals surface area contributed by atoms with Crippen LogP contribution in [0.2, 0.25) is 0 Å². The molecule has 3 aliphatic heterocycles. The van der Waals surface area contributed by atoms with Gasteiger partial charge in [0.15, 0.2) is 10.8 Å². The second-order valence-corrected chi connectivity index (χ2v) is 14.2. The molecule has 0 aliphatic carbocycles. The summed E-state index contributed by atoms with van der Waals surface area (Å²) in [6.07, 6.45) is 7.00. The lowest BCUT2D eigenvalue weighted by molar-refractivity contribution is -0.120. The molecule has 3 aromatic rings. The van der Waals surface area contributed by atoms with Crippen LogP contribution in [0.15, 0.2) is 35.7 Å². The number of amides is 3. The molecule has 43 heavy (non-hydrogen) atoms. The normalized spacial score (nSPS) is 21.0. The number of piperidine rings is 2. The molecule has 1 atom stereocenters. The van der Waals surface area contributed by atoms with Crippen molar-refractivity contribution in [3.05, 3.63) is 36.3 Å². The van der Waals surface area contributed by atoms with E-state index in [-0.39, 0.29) is 23.4 Å². The summed E-state index contributed by atoms with van der Waals surface area (Å²) in [6.45, 7) is 7.03. The van der Waals surface area contributed by atoms with Crippen LogP contribution in [0.4, 0.5) is 10.6 Å². The average molecular weight is 612 g/mol. The highest BCUT2D eigenvalue weighted by atomic mass is 32.2. The largest absolute Gasteiger partial charge is 0.336 e. The van der Waals surface area contributed by atoms with Crippen molar-refractivity contribution in [3.8, 4) is 0 Å². The first-order valence-electron chi connectivity index (χ1n) is 15.2. The number of sulfonamides is 1. The number of rotatable bonds is 8. The number of anilines is 1. The van der Waals surface area contributed by atoms with E-state index in [1.54, 1.807) is 12.5 Å². The molecule has 1 aromatic carbocycles. The van der Waals surface area contributed by atoms with Gasteiger partial charge < -0.3 is 15.2 Å². The second kappa shape index (κ2) is 12.0. The van der Waals surface area contributed by atoms with Crippen LogP contribution in [0.3, 0.4) is 0 Å². The lowest BCUT2D eigenvalue weighted by Gasteiger charge is -2.34. The summed E-state index contributed by atoms with van der Waals surface area (Å²) >= 11 is 0. The topological polar surface area (TPSA) is 152 Å². The van der Waals surface area contributed by atoms with Crippen LogP contribution in [-0.2, 0) is 28.4 Å². The molecule has 0 bridgehead atoms. The molecule has 14 heteroatoms. The van der Waals surface area contributed by atoms with Gasteiger partial charge in [-0.3, -0.25) is 19.7 Å². The van der Waals surface area contributed by atoms with E-state index in [1.807, 2.05) is 22.4 Å². The number of urea groups is 1. The summed E-state index contributed by atoms with van der Waals surface area (Å²) in [7, 11) is -1.70. The van der Waals surface area contributed by atoms with Gasteiger partial charge in [-0.05, 0) is 68.3 Å². The standard InChI is InChI=1S/C29H41N9O4S/c1-20(17-36-18-27(31-19-36)43(41,42)37-12-7-23(30)8-13-37)16-35-10-5-21(6-11-35)22-3-4-24-25(15-22)34(2)33-28(24)38-14-9-26(39)32-29(38)40/h3-4,15,18-21,23H,5-14,16-17,30H2,1-2H3,(H,32,39,40). The minimum absolute atomic E-state index is 0.0677. The summed E-state index contributed by atoms with van der Waals surface area (Å²) < 4.78 is 31.2. The third-order valence-electron chi connectivity index (χ3n) is 9.03. The Labute approximate surface area is 252 Å². The Morgan fingerprint density at radius 3 is 2.51 bits per heavy atom. The first-order chi connectivity index (χ1) is 20.6. The molecular formula is C29H41N9O4S. The van der Waals surface area contributed by atoms with E-state index >= 15 is 0 Å². The van der Waals surface area contributed by atoms with Gasteiger partial charge in [-0.1, -0.05) is 13.0 Å². The number of nitrogens with zero attached hydrogens (tertiary/aromatic N) is 7. The number of benzene rings is 1. The summed E-state index contributed by atoms with van der Waals surface area (Å²) in [5, 5.41) is 8.00. The number of fused-ring (bicyclic) bond motifs is 1. The Balaban J connectivity index is 1.03. The minimum Gasteiger partial charge on any atom is -0.336 e. The number of carbonyl (C=O) groups is 2. The highest BCUT2D eigenvalue weighted by Gasteiger charge is 2.31. The van der Waals surface area contributed by atoms with Crippen LogP contribution in [0, 0.1) is 5.92 Å². The quantitative estimate of drug-likeness (QED) is 0.392. The number of hydrogen-bond acceptors (Lipinski definition) is 8.